The van der Waals surface area contributed by atoms with Gasteiger partial charge in [-0.25, -0.2) is 0 Å². The average Bonchev–Trinajstić information content (AvgIpc) is 2.65. The highest BCUT2D eigenvalue weighted by Crippen LogP contribution is 2.41. The Hall–Kier alpha value is -0.980. The van der Waals surface area contributed by atoms with Crippen LogP contribution in [0.15, 0.2) is 6.07 Å². The summed E-state index contributed by atoms with van der Waals surface area (Å²) in [5.74, 6) is 3.80. The van der Waals surface area contributed by atoms with Gasteiger partial charge in [-0.15, -0.1) is 0 Å². The average molecular weight is 415 g/mol. The van der Waals surface area contributed by atoms with Crippen LogP contribution in [0.25, 0.3) is 0 Å². The van der Waals surface area contributed by atoms with Crippen LogP contribution in [-0.4, -0.2) is 5.60 Å². The zero-order valence-corrected chi connectivity index (χ0v) is 21.5. The predicted octanol–water partition coefficient (Wildman–Crippen LogP) is 9.13. The maximum absolute atomic E-state index is 6.66. The zero-order valence-electron chi connectivity index (χ0n) is 21.5. The molecule has 0 saturated heterocycles. The summed E-state index contributed by atoms with van der Waals surface area (Å²) in [5.41, 5.74) is 5.58. The quantitative estimate of drug-likeness (QED) is 0.331. The van der Waals surface area contributed by atoms with E-state index in [1.807, 2.05) is 0 Å². The molecule has 1 heterocycles. The second-order valence-electron chi connectivity index (χ2n) is 11.4. The molecule has 1 heteroatoms. The number of aryl methyl sites for hydroxylation is 2. The van der Waals surface area contributed by atoms with Gasteiger partial charge in [-0.1, -0.05) is 78.7 Å². The van der Waals surface area contributed by atoms with E-state index in [2.05, 4.69) is 61.5 Å². The molecule has 1 nitrogen and oxygen atoms in total. The fourth-order valence-electron chi connectivity index (χ4n) is 5.22. The molecule has 0 N–H and O–H groups in total. The zero-order chi connectivity index (χ0) is 22.3. The van der Waals surface area contributed by atoms with E-state index in [0.717, 1.165) is 24.2 Å². The number of rotatable bonds is 12. The van der Waals surface area contributed by atoms with Gasteiger partial charge in [-0.2, -0.15) is 0 Å². The first-order chi connectivity index (χ1) is 14.1. The van der Waals surface area contributed by atoms with E-state index in [0.29, 0.717) is 0 Å². The summed E-state index contributed by atoms with van der Waals surface area (Å²) < 4.78 is 6.66. The molecule has 0 aliphatic carbocycles. The van der Waals surface area contributed by atoms with Crippen molar-refractivity contribution in [2.45, 2.75) is 132 Å². The number of benzene rings is 1. The second-order valence-corrected chi connectivity index (χ2v) is 11.4. The molecule has 0 radical (unpaired) electrons. The standard InChI is InChI=1S/C29H50O/c1-21(2)12-9-13-22(3)14-10-15-23(4)16-11-18-29(8)19-17-27-25(6)20-24(5)26(7)28(27)30-29/h20-23H,9-19H2,1-8H3/t22-,23-,29?/m1/s1. The summed E-state index contributed by atoms with van der Waals surface area (Å²) in [6, 6.07) is 2.33. The Morgan fingerprint density at radius 2 is 1.40 bits per heavy atom. The van der Waals surface area contributed by atoms with Crippen LogP contribution in [0.1, 0.15) is 121 Å². The summed E-state index contributed by atoms with van der Waals surface area (Å²) in [7, 11) is 0. The van der Waals surface area contributed by atoms with Crippen molar-refractivity contribution in [2.24, 2.45) is 17.8 Å². The molecular weight excluding hydrogens is 364 g/mol. The van der Waals surface area contributed by atoms with Gasteiger partial charge in [0.2, 0.25) is 0 Å². The maximum Gasteiger partial charge on any atom is 0.126 e. The van der Waals surface area contributed by atoms with E-state index in [4.69, 9.17) is 4.74 Å². The molecular formula is C29H50O. The van der Waals surface area contributed by atoms with Crippen molar-refractivity contribution < 1.29 is 4.74 Å². The Morgan fingerprint density at radius 3 is 2.00 bits per heavy atom. The largest absolute Gasteiger partial charge is 0.487 e. The van der Waals surface area contributed by atoms with Gasteiger partial charge in [0.15, 0.2) is 0 Å². The van der Waals surface area contributed by atoms with E-state index in [9.17, 15) is 0 Å². The monoisotopic (exact) mass is 414 g/mol. The second kappa shape index (κ2) is 11.6. The van der Waals surface area contributed by atoms with Crippen LogP contribution in [0.2, 0.25) is 0 Å². The maximum atomic E-state index is 6.66. The van der Waals surface area contributed by atoms with Gasteiger partial charge in [0, 0.05) is 0 Å². The van der Waals surface area contributed by atoms with Gasteiger partial charge in [0.25, 0.3) is 0 Å². The van der Waals surface area contributed by atoms with E-state index in [-0.39, 0.29) is 5.60 Å². The van der Waals surface area contributed by atoms with Crippen LogP contribution in [0.5, 0.6) is 5.75 Å². The summed E-state index contributed by atoms with van der Waals surface area (Å²) in [5, 5.41) is 0. The minimum absolute atomic E-state index is 0.0165. The summed E-state index contributed by atoms with van der Waals surface area (Å²) in [4.78, 5) is 0. The van der Waals surface area contributed by atoms with Crippen molar-refractivity contribution in [3.8, 4) is 5.75 Å². The van der Waals surface area contributed by atoms with Crippen molar-refractivity contribution in [3.63, 3.8) is 0 Å². The van der Waals surface area contributed by atoms with Crippen LogP contribution in [0, 0.1) is 38.5 Å². The fraction of sp³-hybridized carbons (Fsp3) is 0.793. The van der Waals surface area contributed by atoms with Crippen molar-refractivity contribution in [2.75, 3.05) is 0 Å². The molecule has 172 valence electrons. The van der Waals surface area contributed by atoms with E-state index >= 15 is 0 Å². The van der Waals surface area contributed by atoms with E-state index in [1.54, 1.807) is 0 Å². The predicted molar refractivity (Wildman–Crippen MR) is 133 cm³/mol. The molecule has 1 aliphatic rings. The third-order valence-electron chi connectivity index (χ3n) is 7.64. The van der Waals surface area contributed by atoms with Crippen molar-refractivity contribution in [3.05, 3.63) is 28.3 Å². The van der Waals surface area contributed by atoms with Gasteiger partial charge in [-0.05, 0) is 93.4 Å². The highest BCUT2D eigenvalue weighted by Gasteiger charge is 2.33. The Morgan fingerprint density at radius 1 is 0.833 bits per heavy atom. The van der Waals surface area contributed by atoms with Crippen molar-refractivity contribution in [1.29, 1.82) is 0 Å². The normalized spacial score (nSPS) is 20.7. The summed E-state index contributed by atoms with van der Waals surface area (Å²) >= 11 is 0. The van der Waals surface area contributed by atoms with Gasteiger partial charge in [-0.3, -0.25) is 0 Å². The highest BCUT2D eigenvalue weighted by atomic mass is 16.5. The van der Waals surface area contributed by atoms with Crippen LogP contribution in [0.3, 0.4) is 0 Å². The fourth-order valence-corrected chi connectivity index (χ4v) is 5.22. The van der Waals surface area contributed by atoms with Crippen LogP contribution in [-0.2, 0) is 6.42 Å². The SMILES string of the molecule is Cc1cc(C)c2c(c1C)OC(C)(CCC[C@H](C)CCC[C@H](C)CCCC(C)C)CC2. The Labute approximate surface area is 188 Å². The lowest BCUT2D eigenvalue weighted by Crippen LogP contribution is -2.37. The van der Waals surface area contributed by atoms with Crippen LogP contribution >= 0.6 is 0 Å². The lowest BCUT2D eigenvalue weighted by atomic mass is 9.84. The number of fused-ring (bicyclic) bond motifs is 1. The molecule has 2 rings (SSSR count). The van der Waals surface area contributed by atoms with Gasteiger partial charge in [0.1, 0.15) is 11.4 Å². The van der Waals surface area contributed by atoms with Crippen molar-refractivity contribution in [1.82, 2.24) is 0 Å². The molecule has 0 fully saturated rings. The van der Waals surface area contributed by atoms with Gasteiger partial charge >= 0.3 is 0 Å². The first kappa shape index (κ1) is 25.3. The smallest absolute Gasteiger partial charge is 0.126 e. The van der Waals surface area contributed by atoms with Gasteiger partial charge in [0.05, 0.1) is 0 Å². The van der Waals surface area contributed by atoms with Crippen molar-refractivity contribution >= 4 is 0 Å². The number of ether oxygens (including phenoxy) is 1. The number of hydrogen-bond acceptors (Lipinski definition) is 1. The molecule has 0 spiro atoms. The Kier molecular flexibility index (Phi) is 9.76. The van der Waals surface area contributed by atoms with Crippen LogP contribution < -0.4 is 4.74 Å². The first-order valence-electron chi connectivity index (χ1n) is 12.9. The molecule has 30 heavy (non-hydrogen) atoms. The first-order valence-corrected chi connectivity index (χ1v) is 12.9. The highest BCUT2D eigenvalue weighted by molar-refractivity contribution is 5.51. The molecule has 1 unspecified atom stereocenters. The molecule has 1 aromatic rings. The molecule has 0 aromatic heterocycles. The third kappa shape index (κ3) is 7.61. The Bertz CT molecular complexity index is 659. The third-order valence-corrected chi connectivity index (χ3v) is 7.64. The Balaban J connectivity index is 1.70. The molecule has 1 aromatic carbocycles. The molecule has 0 bridgehead atoms. The lowest BCUT2D eigenvalue weighted by Gasteiger charge is -2.38. The molecule has 0 amide bonds. The topological polar surface area (TPSA) is 9.23 Å². The summed E-state index contributed by atoms with van der Waals surface area (Å²) in [6.45, 7) is 18.6. The minimum atomic E-state index is 0.0165. The lowest BCUT2D eigenvalue weighted by molar-refractivity contribution is 0.0513. The number of hydrogen-bond donors (Lipinski definition) is 0. The molecule has 0 saturated carbocycles. The molecule has 3 atom stereocenters. The van der Waals surface area contributed by atoms with Crippen LogP contribution in [0.4, 0.5) is 0 Å². The minimum Gasteiger partial charge on any atom is -0.487 e. The van der Waals surface area contributed by atoms with E-state index < -0.39 is 0 Å². The molecule has 1 aliphatic heterocycles. The summed E-state index contributed by atoms with van der Waals surface area (Å²) in [6.07, 6.45) is 14.6. The van der Waals surface area contributed by atoms with Gasteiger partial charge < -0.3 is 4.74 Å². The van der Waals surface area contributed by atoms with E-state index in [1.165, 1.54) is 92.2 Å².